The van der Waals surface area contributed by atoms with Crippen molar-refractivity contribution >= 4 is 18.3 Å². The first-order valence-corrected chi connectivity index (χ1v) is 4.25. The number of carbonyl (C=O) groups excluding carboxylic acids is 1. The molecule has 1 unspecified atom stereocenters. The highest BCUT2D eigenvalue weighted by Crippen LogP contribution is 2.21. The standard InChI is InChI=1S/C8H15FN2O.ClH/c1-3-11(2)7(12)8(9)4-5-10-6-8;/h10H,3-6H2,1-2H3;1H. The van der Waals surface area contributed by atoms with E-state index in [1.54, 1.807) is 7.05 Å². The predicted molar refractivity (Wildman–Crippen MR) is 51.9 cm³/mol. The summed E-state index contributed by atoms with van der Waals surface area (Å²) in [7, 11) is 1.63. The molecule has 1 rings (SSSR count). The van der Waals surface area contributed by atoms with Gasteiger partial charge in [0, 0.05) is 26.6 Å². The zero-order valence-corrected chi connectivity index (χ0v) is 8.79. The maximum atomic E-state index is 13.7. The molecule has 1 heterocycles. The van der Waals surface area contributed by atoms with Crippen molar-refractivity contribution in [1.82, 2.24) is 10.2 Å². The van der Waals surface area contributed by atoms with E-state index in [9.17, 15) is 9.18 Å². The molecule has 0 radical (unpaired) electrons. The van der Waals surface area contributed by atoms with Crippen molar-refractivity contribution in [3.8, 4) is 0 Å². The van der Waals surface area contributed by atoms with Crippen LogP contribution in [0.2, 0.25) is 0 Å². The Morgan fingerprint density at radius 2 is 2.31 bits per heavy atom. The highest BCUT2D eigenvalue weighted by molar-refractivity contribution is 5.85. The van der Waals surface area contributed by atoms with Gasteiger partial charge < -0.3 is 10.2 Å². The third kappa shape index (κ3) is 2.54. The Morgan fingerprint density at radius 3 is 2.69 bits per heavy atom. The number of rotatable bonds is 2. The van der Waals surface area contributed by atoms with E-state index in [1.807, 2.05) is 6.92 Å². The Kier molecular flexibility index (Phi) is 4.64. The largest absolute Gasteiger partial charge is 0.343 e. The van der Waals surface area contributed by atoms with Crippen LogP contribution in [0.1, 0.15) is 13.3 Å². The molecular weight excluding hydrogens is 195 g/mol. The van der Waals surface area contributed by atoms with Gasteiger partial charge in [-0.1, -0.05) is 0 Å². The van der Waals surface area contributed by atoms with Gasteiger partial charge in [-0.15, -0.1) is 12.4 Å². The Labute approximate surface area is 84.1 Å². The van der Waals surface area contributed by atoms with Crippen molar-refractivity contribution < 1.29 is 9.18 Å². The molecule has 1 amide bonds. The van der Waals surface area contributed by atoms with Gasteiger partial charge in [0.25, 0.3) is 5.91 Å². The van der Waals surface area contributed by atoms with E-state index < -0.39 is 11.6 Å². The highest BCUT2D eigenvalue weighted by atomic mass is 35.5. The lowest BCUT2D eigenvalue weighted by Gasteiger charge is -2.23. The Hall–Kier alpha value is -0.350. The topological polar surface area (TPSA) is 32.3 Å². The second-order valence-corrected chi connectivity index (χ2v) is 3.21. The fourth-order valence-corrected chi connectivity index (χ4v) is 1.33. The van der Waals surface area contributed by atoms with Crippen LogP contribution in [0.3, 0.4) is 0 Å². The number of hydrogen-bond acceptors (Lipinski definition) is 2. The van der Waals surface area contributed by atoms with E-state index in [0.29, 0.717) is 19.5 Å². The summed E-state index contributed by atoms with van der Waals surface area (Å²) in [5.41, 5.74) is -1.65. The summed E-state index contributed by atoms with van der Waals surface area (Å²) in [6.45, 7) is 3.16. The first-order valence-electron chi connectivity index (χ1n) is 4.25. The average molecular weight is 211 g/mol. The zero-order valence-electron chi connectivity index (χ0n) is 7.97. The van der Waals surface area contributed by atoms with Crippen LogP contribution >= 0.6 is 12.4 Å². The summed E-state index contributed by atoms with van der Waals surface area (Å²) in [6.07, 6.45) is 0.302. The minimum Gasteiger partial charge on any atom is -0.343 e. The van der Waals surface area contributed by atoms with E-state index in [1.165, 1.54) is 4.90 Å². The molecule has 0 saturated carbocycles. The van der Waals surface area contributed by atoms with Crippen molar-refractivity contribution in [2.24, 2.45) is 0 Å². The molecule has 1 saturated heterocycles. The van der Waals surface area contributed by atoms with Gasteiger partial charge in [-0.2, -0.15) is 0 Å². The smallest absolute Gasteiger partial charge is 0.261 e. The molecule has 13 heavy (non-hydrogen) atoms. The average Bonchev–Trinajstić information content (AvgIpc) is 2.50. The summed E-state index contributed by atoms with van der Waals surface area (Å²) < 4.78 is 13.7. The van der Waals surface area contributed by atoms with Crippen LogP contribution in [-0.4, -0.2) is 43.2 Å². The van der Waals surface area contributed by atoms with E-state index in [0.717, 1.165) is 0 Å². The molecule has 5 heteroatoms. The molecule has 0 aliphatic carbocycles. The number of amides is 1. The first-order chi connectivity index (χ1) is 5.60. The van der Waals surface area contributed by atoms with E-state index in [4.69, 9.17) is 0 Å². The van der Waals surface area contributed by atoms with Gasteiger partial charge in [0.15, 0.2) is 0 Å². The van der Waals surface area contributed by atoms with Crippen LogP contribution in [0.5, 0.6) is 0 Å². The van der Waals surface area contributed by atoms with Gasteiger partial charge in [0.05, 0.1) is 0 Å². The summed E-state index contributed by atoms with van der Waals surface area (Å²) in [5.74, 6) is -0.394. The van der Waals surface area contributed by atoms with Gasteiger partial charge in [0.1, 0.15) is 0 Å². The quantitative estimate of drug-likeness (QED) is 0.724. The minimum atomic E-state index is -1.65. The van der Waals surface area contributed by atoms with Crippen molar-refractivity contribution in [1.29, 1.82) is 0 Å². The van der Waals surface area contributed by atoms with Crippen LogP contribution in [0.15, 0.2) is 0 Å². The van der Waals surface area contributed by atoms with Crippen molar-refractivity contribution in [3.05, 3.63) is 0 Å². The summed E-state index contributed by atoms with van der Waals surface area (Å²) >= 11 is 0. The Balaban J connectivity index is 0.00000144. The minimum absolute atomic E-state index is 0. The Bertz CT molecular complexity index is 183. The van der Waals surface area contributed by atoms with Gasteiger partial charge in [-0.05, 0) is 13.5 Å². The normalized spacial score (nSPS) is 26.7. The van der Waals surface area contributed by atoms with Crippen molar-refractivity contribution in [3.63, 3.8) is 0 Å². The number of hydrogen-bond donors (Lipinski definition) is 1. The zero-order chi connectivity index (χ0) is 9.19. The molecule has 1 aliphatic rings. The summed E-state index contributed by atoms with van der Waals surface area (Å²) in [6, 6.07) is 0. The second-order valence-electron chi connectivity index (χ2n) is 3.21. The van der Waals surface area contributed by atoms with Crippen LogP contribution < -0.4 is 5.32 Å². The number of carbonyl (C=O) groups is 1. The van der Waals surface area contributed by atoms with Gasteiger partial charge in [0.2, 0.25) is 5.67 Å². The molecule has 0 aromatic rings. The molecule has 1 atom stereocenters. The monoisotopic (exact) mass is 210 g/mol. The third-order valence-electron chi connectivity index (χ3n) is 2.31. The summed E-state index contributed by atoms with van der Waals surface area (Å²) in [4.78, 5) is 12.8. The third-order valence-corrected chi connectivity index (χ3v) is 2.31. The van der Waals surface area contributed by atoms with Crippen molar-refractivity contribution in [2.75, 3.05) is 26.7 Å². The second kappa shape index (κ2) is 4.77. The fraction of sp³-hybridized carbons (Fsp3) is 0.875. The van der Waals surface area contributed by atoms with Crippen LogP contribution in [-0.2, 0) is 4.79 Å². The molecule has 1 fully saturated rings. The first kappa shape index (κ1) is 12.7. The lowest BCUT2D eigenvalue weighted by atomic mass is 10.0. The van der Waals surface area contributed by atoms with Gasteiger partial charge in [-0.3, -0.25) is 4.79 Å². The molecular formula is C8H16ClFN2O. The number of nitrogens with zero attached hydrogens (tertiary/aromatic N) is 1. The maximum absolute atomic E-state index is 13.7. The van der Waals surface area contributed by atoms with Crippen LogP contribution in [0, 0.1) is 0 Å². The van der Waals surface area contributed by atoms with E-state index in [-0.39, 0.29) is 19.0 Å². The van der Waals surface area contributed by atoms with Crippen LogP contribution in [0.4, 0.5) is 4.39 Å². The molecule has 0 aromatic heterocycles. The highest BCUT2D eigenvalue weighted by Gasteiger charge is 2.42. The lowest BCUT2D eigenvalue weighted by Crippen LogP contribution is -2.45. The lowest BCUT2D eigenvalue weighted by molar-refractivity contribution is -0.141. The van der Waals surface area contributed by atoms with E-state index >= 15 is 0 Å². The summed E-state index contributed by atoms with van der Waals surface area (Å²) in [5, 5.41) is 2.85. The van der Waals surface area contributed by atoms with Crippen LogP contribution in [0.25, 0.3) is 0 Å². The van der Waals surface area contributed by atoms with Crippen molar-refractivity contribution in [2.45, 2.75) is 19.0 Å². The molecule has 1 aliphatic heterocycles. The molecule has 0 aromatic carbocycles. The molecule has 3 nitrogen and oxygen atoms in total. The predicted octanol–water partition coefficient (Wildman–Crippen LogP) is 0.588. The molecule has 0 spiro atoms. The number of alkyl halides is 1. The number of nitrogens with one attached hydrogen (secondary N) is 1. The van der Waals surface area contributed by atoms with E-state index in [2.05, 4.69) is 5.32 Å². The SMILES string of the molecule is CCN(C)C(=O)C1(F)CCNC1.Cl. The molecule has 0 bridgehead atoms. The number of halogens is 2. The molecule has 1 N–H and O–H groups in total. The van der Waals surface area contributed by atoms with Gasteiger partial charge in [-0.25, -0.2) is 4.39 Å². The maximum Gasteiger partial charge on any atom is 0.261 e. The van der Waals surface area contributed by atoms with Gasteiger partial charge >= 0.3 is 0 Å². The Morgan fingerprint density at radius 1 is 1.69 bits per heavy atom. The molecule has 78 valence electrons. The fourth-order valence-electron chi connectivity index (χ4n) is 1.33.